The summed E-state index contributed by atoms with van der Waals surface area (Å²) >= 11 is 0. The van der Waals surface area contributed by atoms with Crippen LogP contribution >= 0.6 is 0 Å². The summed E-state index contributed by atoms with van der Waals surface area (Å²) in [5.74, 6) is -0.194. The van der Waals surface area contributed by atoms with Gasteiger partial charge in [-0.1, -0.05) is 18.2 Å². The number of rotatable bonds is 5. The van der Waals surface area contributed by atoms with E-state index in [0.29, 0.717) is 22.6 Å². The van der Waals surface area contributed by atoms with Gasteiger partial charge in [-0.15, -0.1) is 0 Å². The first kappa shape index (κ1) is 17.0. The summed E-state index contributed by atoms with van der Waals surface area (Å²) in [6.45, 7) is 1.78. The largest absolute Gasteiger partial charge is 0.496 e. The lowest BCUT2D eigenvalue weighted by Crippen LogP contribution is -2.19. The van der Waals surface area contributed by atoms with Crippen LogP contribution in [0, 0.1) is 5.82 Å². The van der Waals surface area contributed by atoms with Crippen LogP contribution in [0.2, 0.25) is 0 Å². The van der Waals surface area contributed by atoms with Crippen molar-refractivity contribution in [3.63, 3.8) is 0 Å². The molecular weight excluding hydrogens is 321 g/mol. The van der Waals surface area contributed by atoms with E-state index in [4.69, 9.17) is 4.74 Å². The summed E-state index contributed by atoms with van der Waals surface area (Å²) < 4.78 is 19.4. The molecule has 5 nitrogen and oxygen atoms in total. The molecule has 1 heterocycles. The van der Waals surface area contributed by atoms with Crippen LogP contribution in [-0.4, -0.2) is 32.3 Å². The molecule has 1 N–H and O–H groups in total. The summed E-state index contributed by atoms with van der Waals surface area (Å²) in [5, 5.41) is 3.90. The van der Waals surface area contributed by atoms with E-state index in [9.17, 15) is 9.18 Å². The van der Waals surface area contributed by atoms with Gasteiger partial charge < -0.3 is 9.64 Å². The Bertz CT molecular complexity index is 786. The van der Waals surface area contributed by atoms with Gasteiger partial charge >= 0.3 is 0 Å². The lowest BCUT2D eigenvalue weighted by atomic mass is 10.2. The van der Waals surface area contributed by atoms with Crippen molar-refractivity contribution in [3.8, 4) is 5.75 Å². The van der Waals surface area contributed by atoms with E-state index in [-0.39, 0.29) is 11.7 Å². The number of carbonyl (C=O) groups is 1. The third-order valence-corrected chi connectivity index (χ3v) is 4.15. The Hall–Kier alpha value is -2.89. The van der Waals surface area contributed by atoms with E-state index >= 15 is 0 Å². The zero-order chi connectivity index (χ0) is 17.6. The Morgan fingerprint density at radius 2 is 2.00 bits per heavy atom. The number of methoxy groups -OCH3 is 1. The average molecular weight is 341 g/mol. The third kappa shape index (κ3) is 3.96. The number of benzene rings is 2. The number of amides is 1. The highest BCUT2D eigenvalue weighted by Gasteiger charge is 2.16. The molecular formula is C19H20FN3O2. The highest BCUT2D eigenvalue weighted by atomic mass is 19.1. The molecule has 0 spiro atoms. The van der Waals surface area contributed by atoms with E-state index in [1.807, 2.05) is 4.90 Å². The molecule has 2 aromatic rings. The SMILES string of the molecule is COc1ccccc1C(=O)N/N=C\c1ccc(N2CCCC2)c(F)c1. The number of anilines is 1. The summed E-state index contributed by atoms with van der Waals surface area (Å²) in [5.41, 5.74) is 4.02. The molecule has 0 atom stereocenters. The van der Waals surface area contributed by atoms with Crippen LogP contribution in [-0.2, 0) is 0 Å². The van der Waals surface area contributed by atoms with Gasteiger partial charge in [-0.3, -0.25) is 4.79 Å². The van der Waals surface area contributed by atoms with E-state index in [0.717, 1.165) is 25.9 Å². The van der Waals surface area contributed by atoms with Gasteiger partial charge in [0.2, 0.25) is 0 Å². The number of nitrogens with zero attached hydrogens (tertiary/aromatic N) is 2. The van der Waals surface area contributed by atoms with E-state index in [2.05, 4.69) is 10.5 Å². The second-order valence-corrected chi connectivity index (χ2v) is 5.80. The molecule has 1 aliphatic rings. The van der Waals surface area contributed by atoms with Crippen molar-refractivity contribution in [2.45, 2.75) is 12.8 Å². The average Bonchev–Trinajstić information content (AvgIpc) is 3.16. The maximum atomic E-state index is 14.2. The van der Waals surface area contributed by atoms with Crippen molar-refractivity contribution in [1.82, 2.24) is 5.43 Å². The molecule has 0 radical (unpaired) electrons. The molecule has 3 rings (SSSR count). The quantitative estimate of drug-likeness (QED) is 0.671. The predicted molar refractivity (Wildman–Crippen MR) is 95.9 cm³/mol. The van der Waals surface area contributed by atoms with Gasteiger partial charge in [-0.2, -0.15) is 5.10 Å². The van der Waals surface area contributed by atoms with Crippen LogP contribution in [0.25, 0.3) is 0 Å². The third-order valence-electron chi connectivity index (χ3n) is 4.15. The van der Waals surface area contributed by atoms with Crippen LogP contribution < -0.4 is 15.1 Å². The topological polar surface area (TPSA) is 53.9 Å². The van der Waals surface area contributed by atoms with Crippen LogP contribution in [0.1, 0.15) is 28.8 Å². The Morgan fingerprint density at radius 1 is 1.24 bits per heavy atom. The zero-order valence-corrected chi connectivity index (χ0v) is 14.0. The Morgan fingerprint density at radius 3 is 2.72 bits per heavy atom. The maximum Gasteiger partial charge on any atom is 0.275 e. The summed E-state index contributed by atoms with van der Waals surface area (Å²) in [4.78, 5) is 14.2. The van der Waals surface area contributed by atoms with Gasteiger partial charge in [0.25, 0.3) is 5.91 Å². The van der Waals surface area contributed by atoms with Gasteiger partial charge in [-0.25, -0.2) is 9.82 Å². The van der Waals surface area contributed by atoms with Crippen LogP contribution in [0.5, 0.6) is 5.75 Å². The molecule has 130 valence electrons. The Balaban J connectivity index is 1.66. The molecule has 0 aliphatic carbocycles. The minimum absolute atomic E-state index is 0.276. The number of halogens is 1. The number of ether oxygens (including phenoxy) is 1. The molecule has 0 unspecified atom stereocenters. The van der Waals surface area contributed by atoms with Crippen LogP contribution in [0.4, 0.5) is 10.1 Å². The highest BCUT2D eigenvalue weighted by Crippen LogP contribution is 2.24. The van der Waals surface area contributed by atoms with Gasteiger partial charge in [0.1, 0.15) is 11.6 Å². The molecule has 0 aromatic heterocycles. The van der Waals surface area contributed by atoms with Crippen molar-refractivity contribution in [2.75, 3.05) is 25.1 Å². The van der Waals surface area contributed by atoms with E-state index in [1.54, 1.807) is 36.4 Å². The number of hydrogen-bond acceptors (Lipinski definition) is 4. The summed E-state index contributed by atoms with van der Waals surface area (Å²) in [6.07, 6.45) is 3.61. The first-order valence-corrected chi connectivity index (χ1v) is 8.20. The van der Waals surface area contributed by atoms with Crippen molar-refractivity contribution in [3.05, 3.63) is 59.4 Å². The lowest BCUT2D eigenvalue weighted by Gasteiger charge is -2.18. The molecule has 25 heavy (non-hydrogen) atoms. The second kappa shape index (κ2) is 7.79. The highest BCUT2D eigenvalue weighted by molar-refractivity contribution is 5.97. The minimum atomic E-state index is -0.386. The monoisotopic (exact) mass is 341 g/mol. The van der Waals surface area contributed by atoms with Gasteiger partial charge in [0, 0.05) is 13.1 Å². The predicted octanol–water partition coefficient (Wildman–Crippen LogP) is 3.20. The van der Waals surface area contributed by atoms with Crippen molar-refractivity contribution >= 4 is 17.8 Å². The second-order valence-electron chi connectivity index (χ2n) is 5.80. The fourth-order valence-electron chi connectivity index (χ4n) is 2.88. The maximum absolute atomic E-state index is 14.2. The summed E-state index contributed by atoms with van der Waals surface area (Å²) in [6, 6.07) is 11.8. The number of carbonyl (C=O) groups excluding carboxylic acids is 1. The fourth-order valence-corrected chi connectivity index (χ4v) is 2.88. The summed E-state index contributed by atoms with van der Waals surface area (Å²) in [7, 11) is 1.50. The molecule has 2 aromatic carbocycles. The van der Waals surface area contributed by atoms with Crippen molar-refractivity contribution in [1.29, 1.82) is 0 Å². The van der Waals surface area contributed by atoms with Gasteiger partial charge in [0.15, 0.2) is 0 Å². The van der Waals surface area contributed by atoms with Crippen LogP contribution in [0.15, 0.2) is 47.6 Å². The number of hydrazone groups is 1. The Labute approximate surface area is 146 Å². The zero-order valence-electron chi connectivity index (χ0n) is 14.0. The van der Waals surface area contributed by atoms with Crippen molar-refractivity contribution < 1.29 is 13.9 Å². The fraction of sp³-hybridized carbons (Fsp3) is 0.263. The molecule has 0 bridgehead atoms. The molecule has 1 saturated heterocycles. The Kier molecular flexibility index (Phi) is 5.28. The normalized spacial score (nSPS) is 14.1. The van der Waals surface area contributed by atoms with E-state index < -0.39 is 0 Å². The minimum Gasteiger partial charge on any atom is -0.496 e. The molecule has 0 saturated carbocycles. The molecule has 1 amide bonds. The number of nitrogens with one attached hydrogen (secondary N) is 1. The lowest BCUT2D eigenvalue weighted by molar-refractivity contribution is 0.0952. The molecule has 1 aliphatic heterocycles. The van der Waals surface area contributed by atoms with Crippen molar-refractivity contribution in [2.24, 2.45) is 5.10 Å². The van der Waals surface area contributed by atoms with Crippen LogP contribution in [0.3, 0.4) is 0 Å². The number of hydrogen-bond donors (Lipinski definition) is 1. The molecule has 6 heteroatoms. The van der Waals surface area contributed by atoms with Gasteiger partial charge in [-0.05, 0) is 42.7 Å². The first-order valence-electron chi connectivity index (χ1n) is 8.20. The standard InChI is InChI=1S/C19H20FN3O2/c1-25-18-7-3-2-6-15(18)19(24)22-21-13-14-8-9-17(16(20)12-14)23-10-4-5-11-23/h2-3,6-9,12-13H,4-5,10-11H2,1H3,(H,22,24)/b21-13-. The smallest absolute Gasteiger partial charge is 0.275 e. The first-order chi connectivity index (χ1) is 12.2. The van der Waals surface area contributed by atoms with Gasteiger partial charge in [0.05, 0.1) is 24.6 Å². The molecule has 1 fully saturated rings. The van der Waals surface area contributed by atoms with E-state index in [1.165, 1.54) is 19.4 Å². The number of para-hydroxylation sites is 1.